The second kappa shape index (κ2) is 2.36. The van der Waals surface area contributed by atoms with Crippen LogP contribution in [-0.4, -0.2) is 10.2 Å². The Morgan fingerprint density at radius 3 is 2.56 bits per heavy atom. The third kappa shape index (κ3) is 1.22. The summed E-state index contributed by atoms with van der Waals surface area (Å²) < 4.78 is 0. The first-order chi connectivity index (χ1) is 4.22. The number of hydrogen-bond donors (Lipinski definition) is 0. The van der Waals surface area contributed by atoms with Crippen molar-refractivity contribution in [2.75, 3.05) is 0 Å². The molecule has 0 amide bonds. The normalized spacial score (nSPS) is 10.0. The van der Waals surface area contributed by atoms with Crippen LogP contribution in [0.25, 0.3) is 0 Å². The standard InChI is InChI=1S/C8H11Si/c1-6-4-3-5-7(2)8(6)9/h3-4H,1-2,9H3. The first kappa shape index (κ1) is 6.56. The van der Waals surface area contributed by atoms with Crippen LogP contribution in [0, 0.1) is 19.9 Å². The van der Waals surface area contributed by atoms with Crippen LogP contribution in [0.5, 0.6) is 0 Å². The molecule has 0 heterocycles. The average molecular weight is 135 g/mol. The van der Waals surface area contributed by atoms with Gasteiger partial charge in [0.15, 0.2) is 0 Å². The third-order valence-electron chi connectivity index (χ3n) is 1.79. The molecule has 0 spiro atoms. The highest BCUT2D eigenvalue weighted by atomic mass is 28.1. The predicted molar refractivity (Wildman–Crippen MR) is 44.3 cm³/mol. The molecule has 0 aromatic heterocycles. The molecular formula is C8H11Si. The molecule has 0 aliphatic rings. The monoisotopic (exact) mass is 135 g/mol. The quantitative estimate of drug-likeness (QED) is 0.442. The minimum absolute atomic E-state index is 1.15. The lowest BCUT2D eigenvalue weighted by Gasteiger charge is -2.00. The van der Waals surface area contributed by atoms with Crippen molar-refractivity contribution in [1.82, 2.24) is 0 Å². The van der Waals surface area contributed by atoms with E-state index in [2.05, 4.69) is 26.0 Å². The zero-order chi connectivity index (χ0) is 6.85. The maximum atomic E-state index is 3.18. The summed E-state index contributed by atoms with van der Waals surface area (Å²) in [6, 6.07) is 7.29. The summed E-state index contributed by atoms with van der Waals surface area (Å²) in [4.78, 5) is 0. The molecule has 1 aromatic carbocycles. The van der Waals surface area contributed by atoms with Gasteiger partial charge in [0.25, 0.3) is 0 Å². The van der Waals surface area contributed by atoms with E-state index in [0.717, 1.165) is 10.2 Å². The van der Waals surface area contributed by atoms with E-state index in [4.69, 9.17) is 0 Å². The fourth-order valence-corrected chi connectivity index (χ4v) is 1.13. The van der Waals surface area contributed by atoms with Crippen LogP contribution < -0.4 is 5.19 Å². The van der Waals surface area contributed by atoms with Crippen molar-refractivity contribution in [3.63, 3.8) is 0 Å². The molecule has 0 saturated carbocycles. The van der Waals surface area contributed by atoms with Gasteiger partial charge in [-0.25, -0.2) is 0 Å². The molecule has 1 radical (unpaired) electrons. The van der Waals surface area contributed by atoms with E-state index >= 15 is 0 Å². The van der Waals surface area contributed by atoms with Crippen LogP contribution in [0.2, 0.25) is 0 Å². The number of aryl methyl sites for hydroxylation is 2. The van der Waals surface area contributed by atoms with Crippen LogP contribution in [0.15, 0.2) is 12.1 Å². The van der Waals surface area contributed by atoms with Crippen LogP contribution in [0.1, 0.15) is 11.1 Å². The summed E-state index contributed by atoms with van der Waals surface area (Å²) in [5, 5.41) is 1.50. The molecule has 0 fully saturated rings. The molecule has 1 rings (SSSR count). The van der Waals surface area contributed by atoms with E-state index in [9.17, 15) is 0 Å². The topological polar surface area (TPSA) is 0 Å². The molecule has 0 unspecified atom stereocenters. The fourth-order valence-electron chi connectivity index (χ4n) is 0.821. The Kier molecular flexibility index (Phi) is 1.72. The van der Waals surface area contributed by atoms with Gasteiger partial charge in [-0.15, -0.1) is 0 Å². The zero-order valence-corrected chi connectivity index (χ0v) is 8.15. The summed E-state index contributed by atoms with van der Waals surface area (Å²) in [6.45, 7) is 4.28. The highest BCUT2D eigenvalue weighted by Crippen LogP contribution is 1.95. The molecule has 0 N–H and O–H groups in total. The molecule has 1 aromatic rings. The van der Waals surface area contributed by atoms with Gasteiger partial charge in [0.05, 0.1) is 0 Å². The lowest BCUT2D eigenvalue weighted by Crippen LogP contribution is -2.10. The van der Waals surface area contributed by atoms with Crippen molar-refractivity contribution in [2.24, 2.45) is 0 Å². The molecule has 1 heteroatoms. The molecule has 0 aliphatic carbocycles. The van der Waals surface area contributed by atoms with Crippen molar-refractivity contribution in [3.8, 4) is 0 Å². The molecule has 9 heavy (non-hydrogen) atoms. The van der Waals surface area contributed by atoms with Gasteiger partial charge in [-0.05, 0) is 25.5 Å². The van der Waals surface area contributed by atoms with Crippen LogP contribution in [0.4, 0.5) is 0 Å². The largest absolute Gasteiger partial charge is 0.0645 e. The Morgan fingerprint density at radius 1 is 1.44 bits per heavy atom. The lowest BCUT2D eigenvalue weighted by atomic mass is 10.2. The van der Waals surface area contributed by atoms with Gasteiger partial charge in [-0.3, -0.25) is 0 Å². The number of hydrogen-bond acceptors (Lipinski definition) is 0. The summed E-state index contributed by atoms with van der Waals surface area (Å²) in [7, 11) is 1.15. The zero-order valence-electron chi connectivity index (χ0n) is 6.15. The van der Waals surface area contributed by atoms with Gasteiger partial charge in [0.1, 0.15) is 0 Å². The molecular weight excluding hydrogens is 124 g/mol. The minimum Gasteiger partial charge on any atom is -0.0645 e. The van der Waals surface area contributed by atoms with E-state index in [1.165, 1.54) is 16.3 Å². The van der Waals surface area contributed by atoms with Gasteiger partial charge < -0.3 is 0 Å². The Labute approximate surface area is 59.3 Å². The Hall–Kier alpha value is -0.563. The average Bonchev–Trinajstić information content (AvgIpc) is 1.83. The van der Waals surface area contributed by atoms with Crippen molar-refractivity contribution in [2.45, 2.75) is 13.8 Å². The van der Waals surface area contributed by atoms with E-state index in [1.807, 2.05) is 6.07 Å². The van der Waals surface area contributed by atoms with Crippen molar-refractivity contribution in [1.29, 1.82) is 0 Å². The Balaban J connectivity index is 3.25. The summed E-state index contributed by atoms with van der Waals surface area (Å²) in [5.74, 6) is 0. The highest BCUT2D eigenvalue weighted by Gasteiger charge is 1.92. The Morgan fingerprint density at radius 2 is 2.11 bits per heavy atom. The maximum Gasteiger partial charge on any atom is 0.0392 e. The number of rotatable bonds is 0. The summed E-state index contributed by atoms with van der Waals surface area (Å²) in [5.41, 5.74) is 2.74. The third-order valence-corrected chi connectivity index (χ3v) is 3.33. The van der Waals surface area contributed by atoms with Gasteiger partial charge in [-0.2, -0.15) is 0 Å². The second-order valence-electron chi connectivity index (χ2n) is 2.41. The first-order valence-electron chi connectivity index (χ1n) is 3.16. The van der Waals surface area contributed by atoms with Gasteiger partial charge in [0, 0.05) is 10.2 Å². The molecule has 47 valence electrons. The van der Waals surface area contributed by atoms with E-state index < -0.39 is 0 Å². The smallest absolute Gasteiger partial charge is 0.0392 e. The van der Waals surface area contributed by atoms with Crippen molar-refractivity contribution >= 4 is 15.4 Å². The molecule has 0 saturated heterocycles. The first-order valence-corrected chi connectivity index (χ1v) is 4.16. The predicted octanol–water partition coefficient (Wildman–Crippen LogP) is 0.0943. The summed E-state index contributed by atoms with van der Waals surface area (Å²) >= 11 is 0. The molecule has 0 atom stereocenters. The number of benzene rings is 1. The second-order valence-corrected chi connectivity index (χ2v) is 3.41. The van der Waals surface area contributed by atoms with Gasteiger partial charge >= 0.3 is 0 Å². The van der Waals surface area contributed by atoms with E-state index in [0.29, 0.717) is 0 Å². The van der Waals surface area contributed by atoms with Gasteiger partial charge in [0.2, 0.25) is 0 Å². The van der Waals surface area contributed by atoms with Gasteiger partial charge in [-0.1, -0.05) is 22.9 Å². The van der Waals surface area contributed by atoms with Crippen LogP contribution in [-0.2, 0) is 0 Å². The Bertz CT molecular complexity index is 196. The van der Waals surface area contributed by atoms with E-state index in [1.54, 1.807) is 0 Å². The lowest BCUT2D eigenvalue weighted by molar-refractivity contribution is 1.42. The fraction of sp³-hybridized carbons (Fsp3) is 0.250. The van der Waals surface area contributed by atoms with Crippen molar-refractivity contribution < 1.29 is 0 Å². The van der Waals surface area contributed by atoms with Crippen LogP contribution >= 0.6 is 0 Å². The molecule has 0 aliphatic heterocycles. The highest BCUT2D eigenvalue weighted by molar-refractivity contribution is 6.34. The van der Waals surface area contributed by atoms with Crippen molar-refractivity contribution in [3.05, 3.63) is 29.3 Å². The minimum atomic E-state index is 1.15. The maximum absolute atomic E-state index is 3.18. The van der Waals surface area contributed by atoms with Crippen LogP contribution in [0.3, 0.4) is 0 Å². The molecule has 0 bridgehead atoms. The van der Waals surface area contributed by atoms with E-state index in [-0.39, 0.29) is 0 Å². The SMILES string of the molecule is Cc1[c]ccc(C)c1[SiH3]. The summed E-state index contributed by atoms with van der Waals surface area (Å²) in [6.07, 6.45) is 0. The molecule has 0 nitrogen and oxygen atoms in total.